The van der Waals surface area contributed by atoms with Gasteiger partial charge in [0.1, 0.15) is 9.09 Å². The molecule has 0 N–H and O–H groups in total. The Balaban J connectivity index is 3.10. The van der Waals surface area contributed by atoms with Gasteiger partial charge in [0.25, 0.3) is 10.0 Å². The second kappa shape index (κ2) is 6.65. The first-order valence-corrected chi connectivity index (χ1v) is 7.63. The second-order valence-corrected chi connectivity index (χ2v) is 6.76. The van der Waals surface area contributed by atoms with Gasteiger partial charge in [-0.3, -0.25) is 0 Å². The summed E-state index contributed by atoms with van der Waals surface area (Å²) >= 11 is 0.880. The summed E-state index contributed by atoms with van der Waals surface area (Å²) in [4.78, 5) is 11.6. The molecular weight excluding hydrogens is 286 g/mol. The summed E-state index contributed by atoms with van der Waals surface area (Å²) in [6, 6.07) is 2.83. The van der Waals surface area contributed by atoms with Crippen molar-refractivity contribution in [1.82, 2.24) is 4.31 Å². The molecule has 0 aromatic carbocycles. The molecule has 104 valence electrons. The highest BCUT2D eigenvalue weighted by Crippen LogP contribution is 2.25. The number of esters is 1. The third kappa shape index (κ3) is 3.52. The fourth-order valence-corrected chi connectivity index (χ4v) is 4.12. The molecule has 1 aromatic heterocycles. The second-order valence-electron chi connectivity index (χ2n) is 3.51. The molecule has 5 nitrogen and oxygen atoms in total. The molecule has 1 rings (SSSR count). The Morgan fingerprint density at radius 2 is 1.95 bits per heavy atom. The average molecular weight is 301 g/mol. The van der Waals surface area contributed by atoms with Gasteiger partial charge < -0.3 is 4.74 Å². The Labute approximate surface area is 116 Å². The predicted octanol–water partition coefficient (Wildman–Crippen LogP) is 1.90. The van der Waals surface area contributed by atoms with E-state index >= 15 is 0 Å². The van der Waals surface area contributed by atoms with Crippen molar-refractivity contribution in [2.75, 3.05) is 20.2 Å². The Hall–Kier alpha value is -1.44. The van der Waals surface area contributed by atoms with Crippen molar-refractivity contribution in [1.29, 1.82) is 0 Å². The van der Waals surface area contributed by atoms with Crippen LogP contribution in [-0.4, -0.2) is 38.9 Å². The van der Waals surface area contributed by atoms with Crippen molar-refractivity contribution >= 4 is 27.3 Å². The highest BCUT2D eigenvalue weighted by molar-refractivity contribution is 7.91. The molecular formula is C12H15NO4S2. The molecule has 1 aromatic rings. The lowest BCUT2D eigenvalue weighted by atomic mass is 10.5. The van der Waals surface area contributed by atoms with Crippen molar-refractivity contribution in [2.24, 2.45) is 0 Å². The number of hydrogen-bond donors (Lipinski definition) is 0. The minimum absolute atomic E-state index is 0.0941. The summed E-state index contributed by atoms with van der Waals surface area (Å²) in [7, 11) is -2.40. The maximum Gasteiger partial charge on any atom is 0.348 e. The topological polar surface area (TPSA) is 63.7 Å². The molecule has 0 radical (unpaired) electrons. The lowest BCUT2D eigenvalue weighted by Gasteiger charge is -2.17. The van der Waals surface area contributed by atoms with Gasteiger partial charge in [-0.15, -0.1) is 24.5 Å². The normalized spacial score (nSPS) is 11.3. The molecule has 0 amide bonds. The van der Waals surface area contributed by atoms with E-state index in [2.05, 4.69) is 17.9 Å². The quantitative estimate of drug-likeness (QED) is 0.570. The number of sulfonamides is 1. The van der Waals surface area contributed by atoms with Crippen molar-refractivity contribution in [3.63, 3.8) is 0 Å². The zero-order valence-corrected chi connectivity index (χ0v) is 12.2. The van der Waals surface area contributed by atoms with E-state index in [-0.39, 0.29) is 22.2 Å². The summed E-state index contributed by atoms with van der Waals surface area (Å²) in [6.07, 6.45) is 2.99. The maximum atomic E-state index is 12.3. The van der Waals surface area contributed by atoms with Gasteiger partial charge in [0.2, 0.25) is 0 Å². The lowest BCUT2D eigenvalue weighted by molar-refractivity contribution is 0.0606. The van der Waals surface area contributed by atoms with Crippen LogP contribution < -0.4 is 0 Å². The summed E-state index contributed by atoms with van der Waals surface area (Å²) in [6.45, 7) is 7.41. The minimum atomic E-state index is -3.64. The molecule has 1 heterocycles. The Morgan fingerprint density at radius 1 is 1.37 bits per heavy atom. The summed E-state index contributed by atoms with van der Waals surface area (Å²) in [5, 5.41) is 0. The third-order valence-electron chi connectivity index (χ3n) is 2.23. The molecule has 0 aliphatic rings. The van der Waals surface area contributed by atoms with Gasteiger partial charge in [-0.1, -0.05) is 12.2 Å². The van der Waals surface area contributed by atoms with Crippen molar-refractivity contribution in [3.8, 4) is 0 Å². The zero-order valence-electron chi connectivity index (χ0n) is 10.5. The van der Waals surface area contributed by atoms with Gasteiger partial charge in [-0.05, 0) is 12.1 Å². The van der Waals surface area contributed by atoms with Crippen LogP contribution in [0.2, 0.25) is 0 Å². The van der Waals surface area contributed by atoms with E-state index in [1.807, 2.05) is 0 Å². The van der Waals surface area contributed by atoms with Gasteiger partial charge in [-0.25, -0.2) is 13.2 Å². The SMILES string of the molecule is C=CCN(CC=C)S(=O)(=O)c1ccc(C(=O)OC)s1. The summed E-state index contributed by atoms with van der Waals surface area (Å²) < 4.78 is 30.5. The predicted molar refractivity (Wildman–Crippen MR) is 74.8 cm³/mol. The molecule has 0 saturated carbocycles. The van der Waals surface area contributed by atoms with Crippen LogP contribution in [0, 0.1) is 0 Å². The molecule has 0 bridgehead atoms. The molecule has 0 aliphatic heterocycles. The fraction of sp³-hybridized carbons (Fsp3) is 0.250. The third-order valence-corrected chi connectivity index (χ3v) is 5.59. The lowest BCUT2D eigenvalue weighted by Crippen LogP contribution is -2.30. The molecule has 0 unspecified atom stereocenters. The number of carbonyl (C=O) groups is 1. The van der Waals surface area contributed by atoms with Crippen LogP contribution in [0.4, 0.5) is 0 Å². The van der Waals surface area contributed by atoms with Crippen LogP contribution in [0.25, 0.3) is 0 Å². The molecule has 0 fully saturated rings. The summed E-state index contributed by atoms with van der Waals surface area (Å²) in [5.41, 5.74) is 0. The van der Waals surface area contributed by atoms with Crippen molar-refractivity contribution < 1.29 is 17.9 Å². The van der Waals surface area contributed by atoms with E-state index < -0.39 is 16.0 Å². The largest absolute Gasteiger partial charge is 0.465 e. The molecule has 7 heteroatoms. The standard InChI is InChI=1S/C12H15NO4S2/c1-4-8-13(9-5-2)19(15,16)11-7-6-10(18-11)12(14)17-3/h4-7H,1-2,8-9H2,3H3. The molecule has 0 atom stereocenters. The Kier molecular flexibility index (Phi) is 5.46. The van der Waals surface area contributed by atoms with E-state index in [9.17, 15) is 13.2 Å². The number of thiophene rings is 1. The zero-order chi connectivity index (χ0) is 14.5. The number of hydrogen-bond acceptors (Lipinski definition) is 5. The number of rotatable bonds is 7. The van der Waals surface area contributed by atoms with E-state index in [0.29, 0.717) is 0 Å². The Morgan fingerprint density at radius 3 is 2.42 bits per heavy atom. The van der Waals surface area contributed by atoms with Crippen LogP contribution >= 0.6 is 11.3 Å². The van der Waals surface area contributed by atoms with Crippen LogP contribution in [0.3, 0.4) is 0 Å². The van der Waals surface area contributed by atoms with E-state index in [4.69, 9.17) is 0 Å². The fourth-order valence-electron chi connectivity index (χ4n) is 1.36. The van der Waals surface area contributed by atoms with Crippen LogP contribution in [0.15, 0.2) is 41.7 Å². The minimum Gasteiger partial charge on any atom is -0.465 e. The molecule has 0 saturated heterocycles. The van der Waals surface area contributed by atoms with E-state index in [1.165, 1.54) is 35.7 Å². The first kappa shape index (κ1) is 15.6. The van der Waals surface area contributed by atoms with E-state index in [1.54, 1.807) is 0 Å². The van der Waals surface area contributed by atoms with Gasteiger partial charge in [0.15, 0.2) is 0 Å². The molecule has 0 spiro atoms. The van der Waals surface area contributed by atoms with Crippen LogP contribution in [0.1, 0.15) is 9.67 Å². The summed E-state index contributed by atoms with van der Waals surface area (Å²) in [5.74, 6) is -0.551. The van der Waals surface area contributed by atoms with Crippen LogP contribution in [-0.2, 0) is 14.8 Å². The Bertz CT molecular complexity index is 564. The van der Waals surface area contributed by atoms with Gasteiger partial charge in [0.05, 0.1) is 7.11 Å². The number of ether oxygens (including phenoxy) is 1. The molecule has 0 aliphatic carbocycles. The maximum absolute atomic E-state index is 12.3. The highest BCUT2D eigenvalue weighted by atomic mass is 32.2. The monoisotopic (exact) mass is 301 g/mol. The smallest absolute Gasteiger partial charge is 0.348 e. The first-order chi connectivity index (χ1) is 8.97. The molecule has 19 heavy (non-hydrogen) atoms. The number of methoxy groups -OCH3 is 1. The highest BCUT2D eigenvalue weighted by Gasteiger charge is 2.25. The van der Waals surface area contributed by atoms with Crippen molar-refractivity contribution in [3.05, 3.63) is 42.3 Å². The van der Waals surface area contributed by atoms with E-state index in [0.717, 1.165) is 11.3 Å². The van der Waals surface area contributed by atoms with Crippen molar-refractivity contribution in [2.45, 2.75) is 4.21 Å². The van der Waals surface area contributed by atoms with Gasteiger partial charge in [-0.2, -0.15) is 4.31 Å². The van der Waals surface area contributed by atoms with Gasteiger partial charge >= 0.3 is 5.97 Å². The first-order valence-electron chi connectivity index (χ1n) is 5.37. The number of carbonyl (C=O) groups excluding carboxylic acids is 1. The van der Waals surface area contributed by atoms with Crippen LogP contribution in [0.5, 0.6) is 0 Å². The number of nitrogens with zero attached hydrogens (tertiary/aromatic N) is 1. The average Bonchev–Trinajstić information content (AvgIpc) is 2.87. The van der Waals surface area contributed by atoms with Gasteiger partial charge in [0, 0.05) is 13.1 Å².